The Kier molecular flexibility index (Phi) is 6.69. The molecule has 1 N–H and O–H groups in total. The number of H-pyrrole nitrogens is 1. The summed E-state index contributed by atoms with van der Waals surface area (Å²) in [5, 5.41) is 5.05. The first kappa shape index (κ1) is 23.5. The van der Waals surface area contributed by atoms with E-state index in [9.17, 15) is 14.4 Å². The van der Waals surface area contributed by atoms with Gasteiger partial charge in [0.25, 0.3) is 6.17 Å². The highest BCUT2D eigenvalue weighted by Gasteiger charge is 2.46. The van der Waals surface area contributed by atoms with Gasteiger partial charge in [0.1, 0.15) is 11.5 Å². The number of carbonyl (C=O) groups excluding carboxylic acids is 2. The van der Waals surface area contributed by atoms with Crippen molar-refractivity contribution in [3.63, 3.8) is 0 Å². The van der Waals surface area contributed by atoms with Crippen molar-refractivity contribution in [2.45, 2.75) is 38.0 Å². The minimum absolute atomic E-state index is 0.175. The molecule has 4 rings (SSSR count). The lowest BCUT2D eigenvalue weighted by Gasteiger charge is -2.32. The third-order valence-electron chi connectivity index (χ3n) is 5.53. The molecule has 10 heteroatoms. The van der Waals surface area contributed by atoms with E-state index in [4.69, 9.17) is 9.47 Å². The van der Waals surface area contributed by atoms with Gasteiger partial charge in [-0.1, -0.05) is 37.7 Å². The van der Waals surface area contributed by atoms with E-state index in [0.717, 1.165) is 0 Å². The number of fused-ring (bicyclic) bond motifs is 3. The summed E-state index contributed by atoms with van der Waals surface area (Å²) in [5.74, 6) is 0.159. The first-order chi connectivity index (χ1) is 16.4. The quantitative estimate of drug-likeness (QED) is 0.250. The average molecular weight is 482 g/mol. The standard InChI is InChI=1S/C24H24N4O5S/c1-5-19(29)27-17-10-8-7-9-15(17)21-22(31)25-24(34-4)26-28(21)23(27)16-13-14(32-3)11-12-18(16)33-20(30)6-2/h7-13,23H,5-6H2,1-4H3/p+1/t23-/m0/s1. The first-order valence-electron chi connectivity index (χ1n) is 10.8. The van der Waals surface area contributed by atoms with Crippen LogP contribution in [0.15, 0.2) is 52.4 Å². The van der Waals surface area contributed by atoms with E-state index in [0.29, 0.717) is 33.4 Å². The molecule has 0 saturated heterocycles. The lowest BCUT2D eigenvalue weighted by Crippen LogP contribution is -2.61. The molecule has 0 aliphatic carbocycles. The zero-order chi connectivity index (χ0) is 24.4. The van der Waals surface area contributed by atoms with Crippen molar-refractivity contribution in [2.24, 2.45) is 0 Å². The van der Waals surface area contributed by atoms with Crippen LogP contribution < -0.4 is 24.6 Å². The molecule has 2 heterocycles. The van der Waals surface area contributed by atoms with Crippen molar-refractivity contribution in [3.8, 4) is 22.8 Å². The second-order valence-corrected chi connectivity index (χ2v) is 8.29. The van der Waals surface area contributed by atoms with Crippen LogP contribution in [0.3, 0.4) is 0 Å². The molecule has 3 aromatic rings. The Balaban J connectivity index is 2.09. The summed E-state index contributed by atoms with van der Waals surface area (Å²) in [6.45, 7) is 3.47. The predicted octanol–water partition coefficient (Wildman–Crippen LogP) is 3.07. The smallest absolute Gasteiger partial charge is 0.325 e. The van der Waals surface area contributed by atoms with Gasteiger partial charge >= 0.3 is 17.2 Å². The molecule has 1 aromatic heterocycles. The van der Waals surface area contributed by atoms with Crippen molar-refractivity contribution in [1.82, 2.24) is 10.1 Å². The molecular weight excluding hydrogens is 456 g/mol. The minimum Gasteiger partial charge on any atom is -0.497 e. The summed E-state index contributed by atoms with van der Waals surface area (Å²) in [6, 6.07) is 12.2. The summed E-state index contributed by atoms with van der Waals surface area (Å²) >= 11 is 1.27. The van der Waals surface area contributed by atoms with E-state index in [-0.39, 0.29) is 30.1 Å². The largest absolute Gasteiger partial charge is 0.497 e. The van der Waals surface area contributed by atoms with Gasteiger partial charge in [-0.25, -0.2) is 4.90 Å². The summed E-state index contributed by atoms with van der Waals surface area (Å²) in [4.78, 5) is 43.2. The number of rotatable bonds is 6. The van der Waals surface area contributed by atoms with Crippen LogP contribution in [0.2, 0.25) is 0 Å². The van der Waals surface area contributed by atoms with E-state index < -0.39 is 12.1 Å². The monoisotopic (exact) mass is 481 g/mol. The molecule has 0 spiro atoms. The highest BCUT2D eigenvalue weighted by atomic mass is 32.2. The van der Waals surface area contributed by atoms with Gasteiger partial charge in [-0.05, 0) is 41.3 Å². The van der Waals surface area contributed by atoms with Gasteiger partial charge in [0.15, 0.2) is 0 Å². The number of esters is 1. The van der Waals surface area contributed by atoms with E-state index in [2.05, 4.69) is 10.1 Å². The molecule has 0 saturated carbocycles. The van der Waals surface area contributed by atoms with Crippen molar-refractivity contribution < 1.29 is 23.7 Å². The molecule has 0 fully saturated rings. The molecule has 1 aliphatic rings. The molecule has 176 valence electrons. The summed E-state index contributed by atoms with van der Waals surface area (Å²) in [5.41, 5.74) is 1.58. The maximum atomic E-state index is 13.4. The first-order valence-corrected chi connectivity index (χ1v) is 12.1. The molecule has 1 amide bonds. The van der Waals surface area contributed by atoms with Crippen LogP contribution in [-0.2, 0) is 9.59 Å². The maximum Gasteiger partial charge on any atom is 0.325 e. The molecule has 2 aromatic carbocycles. The topological polar surface area (TPSA) is 105 Å². The number of benzene rings is 2. The summed E-state index contributed by atoms with van der Waals surface area (Å²) < 4.78 is 12.6. The predicted molar refractivity (Wildman–Crippen MR) is 127 cm³/mol. The number of ether oxygens (including phenoxy) is 2. The van der Waals surface area contributed by atoms with Crippen LogP contribution in [0.1, 0.15) is 38.4 Å². The van der Waals surface area contributed by atoms with Gasteiger partial charge in [0.05, 0.1) is 23.9 Å². The van der Waals surface area contributed by atoms with Crippen LogP contribution in [0, 0.1) is 0 Å². The third-order valence-corrected chi connectivity index (χ3v) is 6.10. The molecule has 1 aliphatic heterocycles. The number of para-hydroxylation sites is 1. The van der Waals surface area contributed by atoms with Crippen LogP contribution in [-0.4, -0.2) is 35.3 Å². The van der Waals surface area contributed by atoms with Crippen LogP contribution in [0.4, 0.5) is 5.69 Å². The zero-order valence-electron chi connectivity index (χ0n) is 19.3. The van der Waals surface area contributed by atoms with Crippen LogP contribution in [0.5, 0.6) is 11.5 Å². The summed E-state index contributed by atoms with van der Waals surface area (Å²) in [6.07, 6.45) is 1.30. The fourth-order valence-corrected chi connectivity index (χ4v) is 4.29. The molecule has 1 atom stereocenters. The SMILES string of the molecule is CCC(=O)Oc1ccc(OC)cc1[C@H]1N(C(=O)CC)c2ccccc2-c2c(=O)[nH]c(SC)n[n+]21. The van der Waals surface area contributed by atoms with Gasteiger partial charge in [-0.3, -0.25) is 19.4 Å². The van der Waals surface area contributed by atoms with Gasteiger partial charge in [0, 0.05) is 17.9 Å². The highest BCUT2D eigenvalue weighted by Crippen LogP contribution is 2.41. The Hall–Kier alpha value is -3.66. The van der Waals surface area contributed by atoms with Gasteiger partial charge < -0.3 is 9.47 Å². The lowest BCUT2D eigenvalue weighted by molar-refractivity contribution is -0.763. The van der Waals surface area contributed by atoms with E-state index in [1.54, 1.807) is 61.4 Å². The number of carbonyl (C=O) groups is 2. The van der Waals surface area contributed by atoms with E-state index in [1.807, 2.05) is 6.07 Å². The Bertz CT molecular complexity index is 1320. The lowest BCUT2D eigenvalue weighted by atomic mass is 10.0. The van der Waals surface area contributed by atoms with Crippen molar-refractivity contribution in [1.29, 1.82) is 0 Å². The molecule has 9 nitrogen and oxygen atoms in total. The van der Waals surface area contributed by atoms with Gasteiger partial charge in [-0.15, -0.1) is 0 Å². The molecule has 34 heavy (non-hydrogen) atoms. The van der Waals surface area contributed by atoms with Crippen molar-refractivity contribution in [2.75, 3.05) is 18.3 Å². The van der Waals surface area contributed by atoms with Crippen molar-refractivity contribution >= 4 is 29.3 Å². The Morgan fingerprint density at radius 1 is 1.18 bits per heavy atom. The normalized spacial score (nSPS) is 14.2. The number of aromatic nitrogens is 3. The Morgan fingerprint density at radius 2 is 1.94 bits per heavy atom. The molecular formula is C24H25N4O5S+. The Morgan fingerprint density at radius 3 is 2.62 bits per heavy atom. The number of aromatic amines is 1. The number of nitrogens with zero attached hydrogens (tertiary/aromatic N) is 3. The number of thioether (sulfide) groups is 1. The second kappa shape index (κ2) is 9.68. The maximum absolute atomic E-state index is 13.4. The number of anilines is 1. The fraction of sp³-hybridized carbons (Fsp3) is 0.292. The second-order valence-electron chi connectivity index (χ2n) is 7.50. The number of hydrogen-bond donors (Lipinski definition) is 1. The number of nitrogens with one attached hydrogen (secondary N) is 1. The van der Waals surface area contributed by atoms with Crippen LogP contribution >= 0.6 is 11.8 Å². The zero-order valence-corrected chi connectivity index (χ0v) is 20.1. The van der Waals surface area contributed by atoms with Gasteiger partial charge in [-0.2, -0.15) is 0 Å². The van der Waals surface area contributed by atoms with Crippen LogP contribution in [0.25, 0.3) is 11.3 Å². The minimum atomic E-state index is -0.889. The van der Waals surface area contributed by atoms with Gasteiger partial charge in [0.2, 0.25) is 11.1 Å². The van der Waals surface area contributed by atoms with Crippen molar-refractivity contribution in [3.05, 3.63) is 58.4 Å². The Labute approximate surface area is 200 Å². The summed E-state index contributed by atoms with van der Waals surface area (Å²) in [7, 11) is 1.53. The average Bonchev–Trinajstić information content (AvgIpc) is 2.87. The number of hydrogen-bond acceptors (Lipinski definition) is 7. The highest BCUT2D eigenvalue weighted by molar-refractivity contribution is 7.98. The number of amides is 1. The molecule has 0 bridgehead atoms. The number of methoxy groups -OCH3 is 1. The van der Waals surface area contributed by atoms with E-state index in [1.165, 1.54) is 23.6 Å². The fourth-order valence-electron chi connectivity index (χ4n) is 3.93. The third kappa shape index (κ3) is 4.05. The van der Waals surface area contributed by atoms with E-state index >= 15 is 0 Å². The molecule has 0 radical (unpaired) electrons. The molecule has 0 unspecified atom stereocenters.